The van der Waals surface area contributed by atoms with Crippen molar-refractivity contribution in [1.82, 2.24) is 4.90 Å². The van der Waals surface area contributed by atoms with Crippen molar-refractivity contribution in [3.63, 3.8) is 0 Å². The highest BCUT2D eigenvalue weighted by Crippen LogP contribution is 2.49. The average Bonchev–Trinajstić information content (AvgIpc) is 3.15. The molecule has 0 aromatic rings. The number of amides is 1. The van der Waals surface area contributed by atoms with E-state index < -0.39 is 24.0 Å². The molecule has 2 fully saturated rings. The number of carbonyl (C=O) groups excluding carboxylic acids is 1. The van der Waals surface area contributed by atoms with E-state index >= 15 is 0 Å². The molecule has 2 saturated carbocycles. The van der Waals surface area contributed by atoms with Crippen LogP contribution in [-0.2, 0) is 4.79 Å². The highest BCUT2D eigenvalue weighted by molar-refractivity contribution is 6.09. The summed E-state index contributed by atoms with van der Waals surface area (Å²) in [5, 5.41) is 11.4. The first-order valence-electron chi connectivity index (χ1n) is 5.66. The van der Waals surface area contributed by atoms with Crippen molar-refractivity contribution in [3.8, 4) is 0 Å². The second-order valence-corrected chi connectivity index (χ2v) is 4.85. The maximum Gasteiger partial charge on any atom is 0.406 e. The minimum Gasteiger partial charge on any atom is -0.409 e. The standard InChI is InChI=1S/C10H14F3N3O2/c11-10(12,13)5-16(6-1-2-6)8(17)9(3-4-9)7(14)15-18/h6,18H,1-5H2,(H2,14,15). The first-order chi connectivity index (χ1) is 8.30. The van der Waals surface area contributed by atoms with Gasteiger partial charge in [0.2, 0.25) is 5.91 Å². The van der Waals surface area contributed by atoms with Crippen LogP contribution in [0.4, 0.5) is 13.2 Å². The molecule has 0 bridgehead atoms. The van der Waals surface area contributed by atoms with E-state index in [0.29, 0.717) is 25.7 Å². The van der Waals surface area contributed by atoms with Gasteiger partial charge in [0.25, 0.3) is 0 Å². The molecule has 1 amide bonds. The zero-order chi connectivity index (χ0) is 13.6. The van der Waals surface area contributed by atoms with E-state index in [1.165, 1.54) is 0 Å². The number of rotatable bonds is 4. The number of halogens is 3. The van der Waals surface area contributed by atoms with Gasteiger partial charge in [0.1, 0.15) is 12.0 Å². The van der Waals surface area contributed by atoms with E-state index in [1.54, 1.807) is 0 Å². The predicted octanol–water partition coefficient (Wildman–Crippen LogP) is 1.07. The van der Waals surface area contributed by atoms with Gasteiger partial charge >= 0.3 is 6.18 Å². The molecule has 2 aliphatic carbocycles. The molecule has 0 radical (unpaired) electrons. The van der Waals surface area contributed by atoms with Crippen LogP contribution >= 0.6 is 0 Å². The molecule has 18 heavy (non-hydrogen) atoms. The van der Waals surface area contributed by atoms with E-state index in [4.69, 9.17) is 10.9 Å². The molecule has 0 aromatic carbocycles. The normalized spacial score (nSPS) is 22.7. The predicted molar refractivity (Wildman–Crippen MR) is 55.9 cm³/mol. The Bertz CT molecular complexity index is 386. The van der Waals surface area contributed by atoms with Gasteiger partial charge in [0, 0.05) is 6.04 Å². The molecule has 0 aliphatic heterocycles. The van der Waals surface area contributed by atoms with Crippen LogP contribution in [0.5, 0.6) is 0 Å². The van der Waals surface area contributed by atoms with Gasteiger partial charge in [0.15, 0.2) is 5.84 Å². The summed E-state index contributed by atoms with van der Waals surface area (Å²) < 4.78 is 37.3. The van der Waals surface area contributed by atoms with Crippen LogP contribution in [0.3, 0.4) is 0 Å². The number of hydrogen-bond donors (Lipinski definition) is 2. The lowest BCUT2D eigenvalue weighted by Crippen LogP contribution is -2.48. The van der Waals surface area contributed by atoms with Crippen molar-refractivity contribution < 1.29 is 23.2 Å². The lowest BCUT2D eigenvalue weighted by molar-refractivity contribution is -0.164. The fourth-order valence-electron chi connectivity index (χ4n) is 2.02. The highest BCUT2D eigenvalue weighted by atomic mass is 19.4. The number of alkyl halides is 3. The van der Waals surface area contributed by atoms with Gasteiger partial charge in [-0.3, -0.25) is 4.79 Å². The Kier molecular flexibility index (Phi) is 2.90. The quantitative estimate of drug-likeness (QED) is 0.345. The van der Waals surface area contributed by atoms with Crippen LogP contribution in [0.25, 0.3) is 0 Å². The molecule has 2 rings (SSSR count). The van der Waals surface area contributed by atoms with Crippen LogP contribution in [0.2, 0.25) is 0 Å². The first-order valence-corrected chi connectivity index (χ1v) is 5.66. The maximum absolute atomic E-state index is 12.4. The fourth-order valence-corrected chi connectivity index (χ4v) is 2.02. The fraction of sp³-hybridized carbons (Fsp3) is 0.800. The van der Waals surface area contributed by atoms with E-state index in [1.807, 2.05) is 0 Å². The van der Waals surface area contributed by atoms with Crippen molar-refractivity contribution in [2.45, 2.75) is 37.9 Å². The van der Waals surface area contributed by atoms with E-state index in [9.17, 15) is 18.0 Å². The first kappa shape index (κ1) is 13.0. The van der Waals surface area contributed by atoms with Gasteiger partial charge in [-0.2, -0.15) is 13.2 Å². The molecule has 0 heterocycles. The zero-order valence-electron chi connectivity index (χ0n) is 9.57. The largest absolute Gasteiger partial charge is 0.409 e. The van der Waals surface area contributed by atoms with Crippen molar-refractivity contribution >= 4 is 11.7 Å². The summed E-state index contributed by atoms with van der Waals surface area (Å²) in [7, 11) is 0. The number of carbonyl (C=O) groups is 1. The van der Waals surface area contributed by atoms with Crippen LogP contribution in [-0.4, -0.2) is 40.6 Å². The number of hydrogen-bond acceptors (Lipinski definition) is 3. The molecule has 3 N–H and O–H groups in total. The minimum atomic E-state index is -4.43. The van der Waals surface area contributed by atoms with E-state index in [0.717, 1.165) is 4.90 Å². The van der Waals surface area contributed by atoms with Gasteiger partial charge in [-0.05, 0) is 25.7 Å². The van der Waals surface area contributed by atoms with Gasteiger partial charge < -0.3 is 15.8 Å². The zero-order valence-corrected chi connectivity index (χ0v) is 9.57. The third-order valence-corrected chi connectivity index (χ3v) is 3.36. The third kappa shape index (κ3) is 2.37. The Morgan fingerprint density at radius 3 is 2.33 bits per heavy atom. The van der Waals surface area contributed by atoms with Gasteiger partial charge in [-0.25, -0.2) is 0 Å². The van der Waals surface area contributed by atoms with Crippen molar-refractivity contribution in [2.24, 2.45) is 16.3 Å². The molecular formula is C10H14F3N3O2. The lowest BCUT2D eigenvalue weighted by Gasteiger charge is -2.27. The Morgan fingerprint density at radius 2 is 2.00 bits per heavy atom. The molecule has 102 valence electrons. The maximum atomic E-state index is 12.4. The minimum absolute atomic E-state index is 0.291. The summed E-state index contributed by atoms with van der Waals surface area (Å²) in [4.78, 5) is 13.0. The van der Waals surface area contributed by atoms with E-state index in [2.05, 4.69) is 5.16 Å². The van der Waals surface area contributed by atoms with E-state index in [-0.39, 0.29) is 11.9 Å². The monoisotopic (exact) mass is 265 g/mol. The molecule has 0 unspecified atom stereocenters. The summed E-state index contributed by atoms with van der Waals surface area (Å²) in [6.45, 7) is -1.27. The number of oxime groups is 1. The molecular weight excluding hydrogens is 251 g/mol. The molecule has 0 atom stereocenters. The summed E-state index contributed by atoms with van der Waals surface area (Å²) in [5.74, 6) is -0.960. The Balaban J connectivity index is 2.14. The summed E-state index contributed by atoms with van der Waals surface area (Å²) in [6, 6.07) is -0.358. The number of amidine groups is 1. The highest BCUT2D eigenvalue weighted by Gasteiger charge is 2.58. The third-order valence-electron chi connectivity index (χ3n) is 3.36. The second-order valence-electron chi connectivity index (χ2n) is 4.85. The van der Waals surface area contributed by atoms with Crippen molar-refractivity contribution in [1.29, 1.82) is 0 Å². The Labute approximate surface area is 101 Å². The molecule has 0 spiro atoms. The van der Waals surface area contributed by atoms with Crippen LogP contribution < -0.4 is 5.73 Å². The van der Waals surface area contributed by atoms with Crippen LogP contribution in [0.15, 0.2) is 5.16 Å². The lowest BCUT2D eigenvalue weighted by atomic mass is 10.0. The van der Waals surface area contributed by atoms with Gasteiger partial charge in [-0.1, -0.05) is 5.16 Å². The molecule has 0 aromatic heterocycles. The topological polar surface area (TPSA) is 78.9 Å². The Hall–Kier alpha value is -1.47. The smallest absolute Gasteiger partial charge is 0.406 e. The van der Waals surface area contributed by atoms with Crippen molar-refractivity contribution in [3.05, 3.63) is 0 Å². The molecule has 2 aliphatic rings. The van der Waals surface area contributed by atoms with Crippen molar-refractivity contribution in [2.75, 3.05) is 6.54 Å². The SMILES string of the molecule is NC(=NO)C1(C(=O)N(CC(F)(F)F)C2CC2)CC1. The summed E-state index contributed by atoms with van der Waals surface area (Å²) in [6.07, 6.45) is -2.60. The van der Waals surface area contributed by atoms with Gasteiger partial charge in [-0.15, -0.1) is 0 Å². The number of nitrogens with zero attached hydrogens (tertiary/aromatic N) is 2. The molecule has 0 saturated heterocycles. The second kappa shape index (κ2) is 4.03. The molecule has 8 heteroatoms. The van der Waals surface area contributed by atoms with Gasteiger partial charge in [0.05, 0.1) is 0 Å². The Morgan fingerprint density at radius 1 is 1.44 bits per heavy atom. The molecule has 5 nitrogen and oxygen atoms in total. The number of nitrogens with two attached hydrogens (primary N) is 1. The summed E-state index contributed by atoms with van der Waals surface area (Å²) in [5.41, 5.74) is 4.20. The van der Waals surface area contributed by atoms with Crippen LogP contribution in [0.1, 0.15) is 25.7 Å². The van der Waals surface area contributed by atoms with Crippen LogP contribution in [0, 0.1) is 5.41 Å². The average molecular weight is 265 g/mol. The summed E-state index contributed by atoms with van der Waals surface area (Å²) >= 11 is 0.